The highest BCUT2D eigenvalue weighted by molar-refractivity contribution is 5.79. The number of nitrogens with zero attached hydrogens (tertiary/aromatic N) is 1. The fourth-order valence-electron chi connectivity index (χ4n) is 1.32. The van der Waals surface area contributed by atoms with E-state index in [0.29, 0.717) is 25.7 Å². The van der Waals surface area contributed by atoms with Crippen LogP contribution in [0.3, 0.4) is 0 Å². The molecule has 1 aliphatic carbocycles. The van der Waals surface area contributed by atoms with Gasteiger partial charge in [-0.3, -0.25) is 4.79 Å². The van der Waals surface area contributed by atoms with E-state index in [4.69, 9.17) is 5.26 Å². The summed E-state index contributed by atoms with van der Waals surface area (Å²) in [6.07, 6.45) is 1.93. The molecule has 60 valence electrons. The van der Waals surface area contributed by atoms with Crippen LogP contribution in [0.4, 0.5) is 0 Å². The van der Waals surface area contributed by atoms with Gasteiger partial charge in [-0.15, -0.1) is 0 Å². The van der Waals surface area contributed by atoms with Gasteiger partial charge in [0, 0.05) is 12.8 Å². The van der Waals surface area contributed by atoms with Crippen LogP contribution in [-0.2, 0) is 4.79 Å². The molecule has 0 aromatic rings. The Bertz CT molecular complexity index is 195. The molecular weight excluding hydrogens is 142 g/mol. The molecule has 1 saturated carbocycles. The van der Waals surface area contributed by atoms with Crippen LogP contribution in [0.25, 0.3) is 0 Å². The summed E-state index contributed by atoms with van der Waals surface area (Å²) in [5.41, 5.74) is -0.872. The lowest BCUT2D eigenvalue weighted by Gasteiger charge is -2.28. The summed E-state index contributed by atoms with van der Waals surface area (Å²) < 4.78 is 0. The molecule has 0 saturated heterocycles. The average Bonchev–Trinajstić information content (AvgIpc) is 1.97. The van der Waals surface area contributed by atoms with Gasteiger partial charge in [-0.05, 0) is 12.8 Å². The summed E-state index contributed by atoms with van der Waals surface area (Å²) in [4.78, 5) is 10.8. The van der Waals surface area contributed by atoms with Gasteiger partial charge in [-0.25, -0.2) is 0 Å². The first-order valence-corrected chi connectivity index (χ1v) is 3.77. The van der Waals surface area contributed by atoms with Crippen molar-refractivity contribution < 1.29 is 9.90 Å². The molecule has 1 N–H and O–H groups in total. The third kappa shape index (κ3) is 2.02. The highest BCUT2D eigenvalue weighted by atomic mass is 16.3. The van der Waals surface area contributed by atoms with Gasteiger partial charge >= 0.3 is 0 Å². The molecule has 0 spiro atoms. The highest BCUT2D eigenvalue weighted by Gasteiger charge is 2.31. The molecule has 0 aliphatic heterocycles. The molecule has 3 nitrogen and oxygen atoms in total. The minimum atomic E-state index is -0.872. The maximum atomic E-state index is 10.8. The Hall–Kier alpha value is -0.880. The molecule has 1 aliphatic rings. The normalized spacial score (nSPS) is 22.7. The van der Waals surface area contributed by atoms with Crippen molar-refractivity contribution in [2.45, 2.75) is 37.7 Å². The quantitative estimate of drug-likeness (QED) is 0.605. The Balaban J connectivity index is 2.49. The first kappa shape index (κ1) is 8.22. The second-order valence-electron chi connectivity index (χ2n) is 3.10. The van der Waals surface area contributed by atoms with Crippen molar-refractivity contribution in [3.05, 3.63) is 0 Å². The minimum Gasteiger partial charge on any atom is -0.389 e. The van der Waals surface area contributed by atoms with Gasteiger partial charge in [0.1, 0.15) is 5.78 Å². The molecule has 0 radical (unpaired) electrons. The Labute approximate surface area is 65.6 Å². The monoisotopic (exact) mass is 153 g/mol. The van der Waals surface area contributed by atoms with Crippen molar-refractivity contribution in [3.63, 3.8) is 0 Å². The van der Waals surface area contributed by atoms with Crippen LogP contribution in [-0.4, -0.2) is 16.5 Å². The van der Waals surface area contributed by atoms with E-state index >= 15 is 0 Å². The van der Waals surface area contributed by atoms with Crippen molar-refractivity contribution in [1.29, 1.82) is 5.26 Å². The largest absolute Gasteiger partial charge is 0.389 e. The Morgan fingerprint density at radius 2 is 2.09 bits per heavy atom. The zero-order valence-corrected chi connectivity index (χ0v) is 6.34. The fraction of sp³-hybridized carbons (Fsp3) is 0.750. The average molecular weight is 153 g/mol. The van der Waals surface area contributed by atoms with Crippen molar-refractivity contribution in [2.24, 2.45) is 0 Å². The zero-order valence-electron chi connectivity index (χ0n) is 6.34. The predicted molar refractivity (Wildman–Crippen MR) is 38.7 cm³/mol. The van der Waals surface area contributed by atoms with Crippen LogP contribution in [0.1, 0.15) is 32.1 Å². The summed E-state index contributed by atoms with van der Waals surface area (Å²) in [6.45, 7) is 0. The van der Waals surface area contributed by atoms with Crippen molar-refractivity contribution in [1.82, 2.24) is 0 Å². The molecule has 0 atom stereocenters. The molecule has 0 amide bonds. The van der Waals surface area contributed by atoms with Crippen LogP contribution in [0.2, 0.25) is 0 Å². The zero-order chi connectivity index (χ0) is 8.32. The number of hydrogen-bond acceptors (Lipinski definition) is 3. The van der Waals surface area contributed by atoms with E-state index in [1.54, 1.807) is 0 Å². The molecule has 1 rings (SSSR count). The second kappa shape index (κ2) is 3.02. The Kier molecular flexibility index (Phi) is 2.25. The first-order valence-electron chi connectivity index (χ1n) is 3.77. The van der Waals surface area contributed by atoms with E-state index in [1.165, 1.54) is 0 Å². The van der Waals surface area contributed by atoms with Gasteiger partial charge in [-0.1, -0.05) is 0 Å². The third-order valence-corrected chi connectivity index (χ3v) is 2.15. The van der Waals surface area contributed by atoms with E-state index in [1.807, 2.05) is 6.07 Å². The lowest BCUT2D eigenvalue weighted by atomic mass is 9.82. The SMILES string of the molecule is N#CCC1(O)CCC(=O)CC1. The lowest BCUT2D eigenvalue weighted by molar-refractivity contribution is -0.125. The molecule has 0 unspecified atom stereocenters. The Morgan fingerprint density at radius 1 is 1.55 bits per heavy atom. The first-order chi connectivity index (χ1) is 5.16. The number of hydrogen-bond donors (Lipinski definition) is 1. The maximum Gasteiger partial charge on any atom is 0.133 e. The highest BCUT2D eigenvalue weighted by Crippen LogP contribution is 2.28. The van der Waals surface area contributed by atoms with Crippen LogP contribution in [0, 0.1) is 11.3 Å². The molecule has 0 aromatic heterocycles. The summed E-state index contributed by atoms with van der Waals surface area (Å²) >= 11 is 0. The van der Waals surface area contributed by atoms with E-state index in [0.717, 1.165) is 0 Å². The van der Waals surface area contributed by atoms with Crippen molar-refractivity contribution in [3.8, 4) is 6.07 Å². The Morgan fingerprint density at radius 3 is 2.55 bits per heavy atom. The minimum absolute atomic E-state index is 0.153. The molecule has 0 heterocycles. The molecule has 1 fully saturated rings. The van der Waals surface area contributed by atoms with E-state index in [9.17, 15) is 9.90 Å². The third-order valence-electron chi connectivity index (χ3n) is 2.15. The topological polar surface area (TPSA) is 61.1 Å². The van der Waals surface area contributed by atoms with Gasteiger partial charge in [-0.2, -0.15) is 5.26 Å². The number of Topliss-reactive ketones (excluding diaryl/α,β-unsaturated/α-hetero) is 1. The predicted octanol–water partition coefficient (Wildman–Crippen LogP) is 0.774. The second-order valence-corrected chi connectivity index (χ2v) is 3.10. The van der Waals surface area contributed by atoms with Crippen molar-refractivity contribution in [2.75, 3.05) is 0 Å². The summed E-state index contributed by atoms with van der Waals surface area (Å²) in [5, 5.41) is 18.0. The summed E-state index contributed by atoms with van der Waals surface area (Å²) in [7, 11) is 0. The van der Waals surface area contributed by atoms with Gasteiger partial charge in [0.15, 0.2) is 0 Å². The standard InChI is InChI=1S/C8H11NO2/c9-6-5-8(11)3-1-7(10)2-4-8/h11H,1-5H2. The van der Waals surface area contributed by atoms with Gasteiger partial charge in [0.25, 0.3) is 0 Å². The molecule has 0 bridgehead atoms. The van der Waals surface area contributed by atoms with Gasteiger partial charge in [0.2, 0.25) is 0 Å². The fourth-order valence-corrected chi connectivity index (χ4v) is 1.32. The number of nitriles is 1. The van der Waals surface area contributed by atoms with Gasteiger partial charge < -0.3 is 5.11 Å². The molecule has 11 heavy (non-hydrogen) atoms. The van der Waals surface area contributed by atoms with Crippen LogP contribution >= 0.6 is 0 Å². The van der Waals surface area contributed by atoms with Crippen molar-refractivity contribution >= 4 is 5.78 Å². The molecular formula is C8H11NO2. The maximum absolute atomic E-state index is 10.8. The van der Waals surface area contributed by atoms with E-state index in [2.05, 4.69) is 0 Å². The number of aliphatic hydroxyl groups is 1. The van der Waals surface area contributed by atoms with Crippen LogP contribution < -0.4 is 0 Å². The molecule has 3 heteroatoms. The van der Waals surface area contributed by atoms with Crippen LogP contribution in [0.15, 0.2) is 0 Å². The van der Waals surface area contributed by atoms with Gasteiger partial charge in [0.05, 0.1) is 18.1 Å². The molecule has 0 aromatic carbocycles. The van der Waals surface area contributed by atoms with E-state index in [-0.39, 0.29) is 12.2 Å². The number of rotatable bonds is 1. The van der Waals surface area contributed by atoms with Crippen LogP contribution in [0.5, 0.6) is 0 Å². The summed E-state index contributed by atoms with van der Waals surface area (Å²) in [6, 6.07) is 1.93. The van der Waals surface area contributed by atoms with E-state index < -0.39 is 5.60 Å². The number of ketones is 1. The number of carbonyl (C=O) groups excluding carboxylic acids is 1. The smallest absolute Gasteiger partial charge is 0.133 e. The number of carbonyl (C=O) groups is 1. The summed E-state index contributed by atoms with van der Waals surface area (Å²) in [5.74, 6) is 0.201. The lowest BCUT2D eigenvalue weighted by Crippen LogP contribution is -2.33.